The zero-order valence-corrected chi connectivity index (χ0v) is 12.7. The van der Waals surface area contributed by atoms with Crippen LogP contribution in [0.4, 0.5) is 5.95 Å². The Morgan fingerprint density at radius 3 is 2.76 bits per heavy atom. The number of aryl methyl sites for hydroxylation is 1. The topological polar surface area (TPSA) is 58.6 Å². The van der Waals surface area contributed by atoms with Crippen molar-refractivity contribution in [2.45, 2.75) is 32.3 Å². The van der Waals surface area contributed by atoms with Gasteiger partial charge in [0, 0.05) is 32.4 Å². The molecular formula is C15H22N4O2. The number of aromatic nitrogens is 2. The first-order valence-electron chi connectivity index (χ1n) is 7.51. The van der Waals surface area contributed by atoms with E-state index >= 15 is 0 Å². The lowest BCUT2D eigenvalue weighted by atomic mass is 9.90. The van der Waals surface area contributed by atoms with Crippen LogP contribution in [0.1, 0.15) is 25.3 Å². The van der Waals surface area contributed by atoms with Gasteiger partial charge in [-0.1, -0.05) is 0 Å². The van der Waals surface area contributed by atoms with Gasteiger partial charge in [0.2, 0.25) is 11.9 Å². The number of hydrogen-bond acceptors (Lipinski definition) is 5. The number of hydrogen-bond donors (Lipinski definition) is 0. The maximum Gasteiger partial charge on any atom is 0.225 e. The van der Waals surface area contributed by atoms with Gasteiger partial charge in [-0.05, 0) is 25.3 Å². The van der Waals surface area contributed by atoms with Crippen LogP contribution in [-0.2, 0) is 9.53 Å². The molecule has 2 aliphatic rings. The predicted octanol–water partition coefficient (Wildman–Crippen LogP) is 1.00. The van der Waals surface area contributed by atoms with Crippen molar-refractivity contribution in [1.29, 1.82) is 0 Å². The van der Waals surface area contributed by atoms with Crippen molar-refractivity contribution in [2.75, 3.05) is 37.7 Å². The Hall–Kier alpha value is -1.69. The fourth-order valence-electron chi connectivity index (χ4n) is 3.18. The minimum Gasteiger partial charge on any atom is -0.369 e. The van der Waals surface area contributed by atoms with Crippen LogP contribution in [0, 0.1) is 6.92 Å². The molecule has 6 heteroatoms. The summed E-state index contributed by atoms with van der Waals surface area (Å²) in [5.74, 6) is 0.879. The summed E-state index contributed by atoms with van der Waals surface area (Å²) < 4.78 is 6.07. The Labute approximate surface area is 125 Å². The summed E-state index contributed by atoms with van der Waals surface area (Å²) in [4.78, 5) is 24.5. The Kier molecular flexibility index (Phi) is 3.80. The Balaban J connectivity index is 1.75. The van der Waals surface area contributed by atoms with Crippen LogP contribution in [0.2, 0.25) is 0 Å². The fraction of sp³-hybridized carbons (Fsp3) is 0.667. The van der Waals surface area contributed by atoms with Gasteiger partial charge < -0.3 is 14.5 Å². The summed E-state index contributed by atoms with van der Waals surface area (Å²) in [5, 5.41) is 0. The molecule has 2 aliphatic heterocycles. The molecule has 1 aromatic heterocycles. The lowest BCUT2D eigenvalue weighted by Gasteiger charge is -2.47. The van der Waals surface area contributed by atoms with E-state index in [0.29, 0.717) is 13.2 Å². The second-order valence-electron chi connectivity index (χ2n) is 6.06. The molecular weight excluding hydrogens is 268 g/mol. The van der Waals surface area contributed by atoms with Gasteiger partial charge in [0.15, 0.2) is 0 Å². The molecule has 1 atom stereocenters. The van der Waals surface area contributed by atoms with Crippen LogP contribution >= 0.6 is 0 Å². The van der Waals surface area contributed by atoms with Crippen molar-refractivity contribution in [3.05, 3.63) is 18.0 Å². The molecule has 0 bridgehead atoms. The summed E-state index contributed by atoms with van der Waals surface area (Å²) in [6.45, 7) is 7.32. The largest absolute Gasteiger partial charge is 0.369 e. The van der Waals surface area contributed by atoms with Crippen molar-refractivity contribution in [3.63, 3.8) is 0 Å². The normalized spacial score (nSPS) is 26.2. The zero-order valence-electron chi connectivity index (χ0n) is 12.7. The third kappa shape index (κ3) is 3.00. The smallest absolute Gasteiger partial charge is 0.225 e. The predicted molar refractivity (Wildman–Crippen MR) is 79.2 cm³/mol. The van der Waals surface area contributed by atoms with E-state index in [1.807, 2.05) is 24.2 Å². The highest BCUT2D eigenvalue weighted by Crippen LogP contribution is 2.30. The average Bonchev–Trinajstić information content (AvgIpc) is 2.48. The molecule has 114 valence electrons. The molecule has 1 amide bonds. The molecule has 2 saturated heterocycles. The molecule has 0 N–H and O–H groups in total. The number of morpholine rings is 1. The van der Waals surface area contributed by atoms with Crippen molar-refractivity contribution in [1.82, 2.24) is 14.9 Å². The van der Waals surface area contributed by atoms with Crippen LogP contribution in [0.15, 0.2) is 12.4 Å². The highest BCUT2D eigenvalue weighted by Gasteiger charge is 2.41. The minimum absolute atomic E-state index is 0.126. The molecule has 3 heterocycles. The summed E-state index contributed by atoms with van der Waals surface area (Å²) in [5.41, 5.74) is 0.790. The molecule has 0 aliphatic carbocycles. The van der Waals surface area contributed by atoms with Crippen LogP contribution in [-0.4, -0.2) is 59.2 Å². The molecule has 0 radical (unpaired) electrons. The number of carbonyl (C=O) groups excluding carboxylic acids is 1. The van der Waals surface area contributed by atoms with Gasteiger partial charge >= 0.3 is 0 Å². The number of anilines is 1. The van der Waals surface area contributed by atoms with Gasteiger partial charge in [-0.3, -0.25) is 4.79 Å². The summed E-state index contributed by atoms with van der Waals surface area (Å²) in [6.07, 6.45) is 5.65. The van der Waals surface area contributed by atoms with Gasteiger partial charge in [0.25, 0.3) is 0 Å². The first kappa shape index (κ1) is 14.3. The highest BCUT2D eigenvalue weighted by molar-refractivity contribution is 5.73. The number of piperidine rings is 1. The highest BCUT2D eigenvalue weighted by atomic mass is 16.5. The first-order valence-corrected chi connectivity index (χ1v) is 7.51. The summed E-state index contributed by atoms with van der Waals surface area (Å²) in [6, 6.07) is 0. The molecule has 0 unspecified atom stereocenters. The summed E-state index contributed by atoms with van der Waals surface area (Å²) >= 11 is 0. The number of likely N-dealkylation sites (tertiary alicyclic amines) is 1. The number of rotatable bonds is 1. The fourth-order valence-corrected chi connectivity index (χ4v) is 3.18. The zero-order chi connectivity index (χ0) is 14.9. The van der Waals surface area contributed by atoms with Crippen molar-refractivity contribution < 1.29 is 9.53 Å². The third-order valence-corrected chi connectivity index (χ3v) is 4.28. The van der Waals surface area contributed by atoms with Gasteiger partial charge in [-0.2, -0.15) is 0 Å². The Bertz CT molecular complexity index is 515. The molecule has 3 rings (SSSR count). The van der Waals surface area contributed by atoms with E-state index in [1.54, 1.807) is 6.92 Å². The molecule has 6 nitrogen and oxygen atoms in total. The molecule has 21 heavy (non-hydrogen) atoms. The van der Waals surface area contributed by atoms with Gasteiger partial charge in [-0.15, -0.1) is 0 Å². The maximum absolute atomic E-state index is 11.6. The number of amides is 1. The van der Waals surface area contributed by atoms with E-state index in [9.17, 15) is 4.79 Å². The molecule has 1 spiro atoms. The van der Waals surface area contributed by atoms with E-state index in [-0.39, 0.29) is 11.5 Å². The first-order chi connectivity index (χ1) is 10.1. The maximum atomic E-state index is 11.6. The Morgan fingerprint density at radius 1 is 1.29 bits per heavy atom. The van der Waals surface area contributed by atoms with Crippen molar-refractivity contribution in [2.24, 2.45) is 0 Å². The lowest BCUT2D eigenvalue weighted by molar-refractivity contribution is -0.142. The number of nitrogens with zero attached hydrogens (tertiary/aromatic N) is 4. The second kappa shape index (κ2) is 5.60. The molecule has 0 aromatic carbocycles. The molecule has 2 fully saturated rings. The Morgan fingerprint density at radius 2 is 2.05 bits per heavy atom. The standard InChI is InChI=1S/C15H22N4O2/c1-12-8-16-14(17-9-12)19-6-7-21-15(11-19)4-3-5-18(10-15)13(2)20/h8-9H,3-7,10-11H2,1-2H3/t15-/m1/s1. The van der Waals surface area contributed by atoms with E-state index in [0.717, 1.165) is 44.0 Å². The van der Waals surface area contributed by atoms with E-state index in [1.165, 1.54) is 0 Å². The van der Waals surface area contributed by atoms with E-state index in [4.69, 9.17) is 4.74 Å². The van der Waals surface area contributed by atoms with Crippen molar-refractivity contribution in [3.8, 4) is 0 Å². The average molecular weight is 290 g/mol. The third-order valence-electron chi connectivity index (χ3n) is 4.28. The van der Waals surface area contributed by atoms with Crippen LogP contribution in [0.25, 0.3) is 0 Å². The van der Waals surface area contributed by atoms with Crippen molar-refractivity contribution >= 4 is 11.9 Å². The van der Waals surface area contributed by atoms with Gasteiger partial charge in [0.1, 0.15) is 5.60 Å². The number of ether oxygens (including phenoxy) is 1. The second-order valence-corrected chi connectivity index (χ2v) is 6.06. The quantitative estimate of drug-likeness (QED) is 0.772. The number of carbonyl (C=O) groups is 1. The molecule has 0 saturated carbocycles. The van der Waals surface area contributed by atoms with E-state index < -0.39 is 0 Å². The summed E-state index contributed by atoms with van der Waals surface area (Å²) in [7, 11) is 0. The van der Waals surface area contributed by atoms with Crippen LogP contribution < -0.4 is 4.90 Å². The van der Waals surface area contributed by atoms with Crippen LogP contribution in [0.5, 0.6) is 0 Å². The van der Waals surface area contributed by atoms with E-state index in [2.05, 4.69) is 14.9 Å². The monoisotopic (exact) mass is 290 g/mol. The molecule has 1 aromatic rings. The lowest BCUT2D eigenvalue weighted by Crippen LogP contribution is -2.60. The SMILES string of the molecule is CC(=O)N1CCC[C@@]2(C1)CN(c1ncc(C)cn1)CCO2. The van der Waals surface area contributed by atoms with Gasteiger partial charge in [-0.25, -0.2) is 9.97 Å². The van der Waals surface area contributed by atoms with Crippen LogP contribution in [0.3, 0.4) is 0 Å². The minimum atomic E-state index is -0.267. The van der Waals surface area contributed by atoms with Gasteiger partial charge in [0.05, 0.1) is 19.7 Å².